The summed E-state index contributed by atoms with van der Waals surface area (Å²) in [6.07, 6.45) is -7.34. The maximum atomic E-state index is 10.3. The van der Waals surface area contributed by atoms with Crippen molar-refractivity contribution in [3.05, 3.63) is 71.8 Å². The lowest BCUT2D eigenvalue weighted by molar-refractivity contribution is -0.316. The normalized spacial score (nSPS) is 26.3. The Hall–Kier alpha value is -1.88. The van der Waals surface area contributed by atoms with Gasteiger partial charge in [-0.25, -0.2) is 0 Å². The summed E-state index contributed by atoms with van der Waals surface area (Å²) in [5.41, 5.74) is 2.00. The van der Waals surface area contributed by atoms with Crippen molar-refractivity contribution in [2.75, 3.05) is 19.8 Å². The minimum absolute atomic E-state index is 0.151. The van der Waals surface area contributed by atoms with Gasteiger partial charge < -0.3 is 39.4 Å². The molecule has 0 saturated carbocycles. The summed E-state index contributed by atoms with van der Waals surface area (Å²) in [4.78, 5) is 0. The third-order valence-electron chi connectivity index (χ3n) is 5.01. The van der Waals surface area contributed by atoms with Gasteiger partial charge in [0.2, 0.25) is 0 Å². The quantitative estimate of drug-likeness (QED) is 0.406. The third kappa shape index (κ3) is 7.06. The molecule has 5 atom stereocenters. The first kappa shape index (κ1) is 23.8. The van der Waals surface area contributed by atoms with Crippen LogP contribution in [-0.2, 0) is 32.2 Å². The maximum Gasteiger partial charge on any atom is 0.187 e. The molecule has 2 aromatic rings. The fourth-order valence-corrected chi connectivity index (χ4v) is 3.26. The number of hydrogen-bond acceptors (Lipinski definition) is 8. The van der Waals surface area contributed by atoms with Crippen molar-refractivity contribution >= 4 is 0 Å². The van der Waals surface area contributed by atoms with Crippen molar-refractivity contribution in [1.29, 1.82) is 0 Å². The Morgan fingerprint density at radius 1 is 0.742 bits per heavy atom. The monoisotopic (exact) mass is 434 g/mol. The van der Waals surface area contributed by atoms with Gasteiger partial charge in [0.25, 0.3) is 0 Å². The van der Waals surface area contributed by atoms with Crippen LogP contribution in [0.15, 0.2) is 60.7 Å². The molecule has 0 unspecified atom stereocenters. The predicted octanol–water partition coefficient (Wildman–Crippen LogP) is 0.605. The second-order valence-corrected chi connectivity index (χ2v) is 7.46. The smallest absolute Gasteiger partial charge is 0.187 e. The summed E-state index contributed by atoms with van der Waals surface area (Å²) in [6, 6.07) is 19.3. The van der Waals surface area contributed by atoms with E-state index in [9.17, 15) is 20.4 Å². The Morgan fingerprint density at radius 2 is 1.26 bits per heavy atom. The van der Waals surface area contributed by atoms with Crippen molar-refractivity contribution in [3.8, 4) is 0 Å². The number of aliphatic hydroxyl groups is 4. The van der Waals surface area contributed by atoms with E-state index in [0.29, 0.717) is 13.2 Å². The summed E-state index contributed by atoms with van der Waals surface area (Å²) >= 11 is 0. The van der Waals surface area contributed by atoms with E-state index in [4.69, 9.17) is 18.9 Å². The van der Waals surface area contributed by atoms with E-state index in [0.717, 1.165) is 11.1 Å². The third-order valence-corrected chi connectivity index (χ3v) is 5.01. The first-order valence-corrected chi connectivity index (χ1v) is 10.3. The molecule has 31 heavy (non-hydrogen) atoms. The topological polar surface area (TPSA) is 118 Å². The van der Waals surface area contributed by atoms with Crippen LogP contribution >= 0.6 is 0 Å². The van der Waals surface area contributed by atoms with Crippen LogP contribution in [-0.4, -0.2) is 77.1 Å². The average Bonchev–Trinajstić information content (AvgIpc) is 2.80. The summed E-state index contributed by atoms with van der Waals surface area (Å²) in [5, 5.41) is 39.6. The highest BCUT2D eigenvalue weighted by Gasteiger charge is 2.44. The molecule has 1 saturated heterocycles. The molecule has 3 rings (SSSR count). The Kier molecular flexibility index (Phi) is 9.38. The van der Waals surface area contributed by atoms with Gasteiger partial charge in [-0.2, -0.15) is 0 Å². The van der Waals surface area contributed by atoms with Gasteiger partial charge in [-0.3, -0.25) is 0 Å². The molecule has 1 fully saturated rings. The average molecular weight is 434 g/mol. The number of rotatable bonds is 11. The van der Waals surface area contributed by atoms with E-state index >= 15 is 0 Å². The number of hydrogen-bond donors (Lipinski definition) is 4. The second-order valence-electron chi connectivity index (χ2n) is 7.46. The molecule has 0 bridgehead atoms. The van der Waals surface area contributed by atoms with Gasteiger partial charge in [-0.1, -0.05) is 60.7 Å². The van der Waals surface area contributed by atoms with Crippen LogP contribution in [0.25, 0.3) is 0 Å². The Bertz CT molecular complexity index is 696. The molecule has 1 aliphatic heterocycles. The van der Waals surface area contributed by atoms with Crippen LogP contribution in [0.5, 0.6) is 0 Å². The molecular formula is C23H30O8. The summed E-state index contributed by atoms with van der Waals surface area (Å²) in [5.74, 6) is 0. The standard InChI is InChI=1S/C23H30O8/c24-11-19-20(25)21(26)22(27)23(31-19)30-18(14-28-12-16-7-3-1-4-8-16)15-29-13-17-9-5-2-6-10-17/h1-10,18-27H,11-15H2/t19-,20+,21+,22-,23-/m1/s1. The van der Waals surface area contributed by atoms with E-state index in [1.165, 1.54) is 0 Å². The van der Waals surface area contributed by atoms with Gasteiger partial charge in [0, 0.05) is 0 Å². The number of aliphatic hydroxyl groups excluding tert-OH is 4. The van der Waals surface area contributed by atoms with E-state index in [-0.39, 0.29) is 13.2 Å². The fraction of sp³-hybridized carbons (Fsp3) is 0.478. The van der Waals surface area contributed by atoms with Crippen LogP contribution in [0.4, 0.5) is 0 Å². The predicted molar refractivity (Wildman–Crippen MR) is 111 cm³/mol. The molecule has 0 radical (unpaired) electrons. The van der Waals surface area contributed by atoms with Gasteiger partial charge in [-0.05, 0) is 11.1 Å². The molecular weight excluding hydrogens is 404 g/mol. The van der Waals surface area contributed by atoms with Crippen LogP contribution in [0.3, 0.4) is 0 Å². The van der Waals surface area contributed by atoms with Gasteiger partial charge in [-0.15, -0.1) is 0 Å². The lowest BCUT2D eigenvalue weighted by atomic mass is 9.99. The fourth-order valence-electron chi connectivity index (χ4n) is 3.26. The molecule has 1 aliphatic rings. The first-order chi connectivity index (χ1) is 15.1. The summed E-state index contributed by atoms with van der Waals surface area (Å²) in [6.45, 7) is 0.518. The zero-order chi connectivity index (χ0) is 22.1. The Labute approximate surface area is 181 Å². The molecule has 0 spiro atoms. The van der Waals surface area contributed by atoms with Crippen LogP contribution in [0, 0.1) is 0 Å². The van der Waals surface area contributed by atoms with Gasteiger partial charge in [0.15, 0.2) is 6.29 Å². The van der Waals surface area contributed by atoms with Crippen molar-refractivity contribution in [3.63, 3.8) is 0 Å². The first-order valence-electron chi connectivity index (χ1n) is 10.3. The zero-order valence-corrected chi connectivity index (χ0v) is 17.2. The lowest BCUT2D eigenvalue weighted by Crippen LogP contribution is -2.60. The van der Waals surface area contributed by atoms with Crippen LogP contribution in [0.1, 0.15) is 11.1 Å². The Balaban J connectivity index is 1.58. The van der Waals surface area contributed by atoms with Gasteiger partial charge >= 0.3 is 0 Å². The highest BCUT2D eigenvalue weighted by atomic mass is 16.7. The van der Waals surface area contributed by atoms with Crippen molar-refractivity contribution in [1.82, 2.24) is 0 Å². The van der Waals surface area contributed by atoms with E-state index < -0.39 is 43.4 Å². The SMILES string of the molecule is OC[C@H]1O[C@@H](OC(COCc2ccccc2)COCc2ccccc2)[C@H](O)[C@@H](O)[C@H]1O. The van der Waals surface area contributed by atoms with Crippen molar-refractivity contribution < 1.29 is 39.4 Å². The molecule has 0 aromatic heterocycles. The van der Waals surface area contributed by atoms with Gasteiger partial charge in [0.05, 0.1) is 33.0 Å². The molecule has 2 aromatic carbocycles. The summed E-state index contributed by atoms with van der Waals surface area (Å²) < 4.78 is 22.8. The highest BCUT2D eigenvalue weighted by molar-refractivity contribution is 5.14. The minimum atomic E-state index is -1.51. The summed E-state index contributed by atoms with van der Waals surface area (Å²) in [7, 11) is 0. The lowest BCUT2D eigenvalue weighted by Gasteiger charge is -2.40. The molecule has 8 heteroatoms. The van der Waals surface area contributed by atoms with E-state index in [1.54, 1.807) is 0 Å². The van der Waals surface area contributed by atoms with E-state index in [1.807, 2.05) is 60.7 Å². The minimum Gasteiger partial charge on any atom is -0.394 e. The van der Waals surface area contributed by atoms with Crippen molar-refractivity contribution in [2.45, 2.75) is 50.0 Å². The number of ether oxygens (including phenoxy) is 4. The molecule has 8 nitrogen and oxygen atoms in total. The van der Waals surface area contributed by atoms with Crippen molar-refractivity contribution in [2.24, 2.45) is 0 Å². The highest BCUT2D eigenvalue weighted by Crippen LogP contribution is 2.23. The Morgan fingerprint density at radius 3 is 1.74 bits per heavy atom. The number of benzene rings is 2. The second kappa shape index (κ2) is 12.2. The molecule has 4 N–H and O–H groups in total. The maximum absolute atomic E-state index is 10.3. The van der Waals surface area contributed by atoms with Gasteiger partial charge in [0.1, 0.15) is 30.5 Å². The van der Waals surface area contributed by atoms with E-state index in [2.05, 4.69) is 0 Å². The molecule has 0 amide bonds. The zero-order valence-electron chi connectivity index (χ0n) is 17.2. The van der Waals surface area contributed by atoms with Crippen LogP contribution < -0.4 is 0 Å². The molecule has 170 valence electrons. The molecule has 0 aliphatic carbocycles. The molecule has 1 heterocycles. The largest absolute Gasteiger partial charge is 0.394 e. The van der Waals surface area contributed by atoms with Crippen LogP contribution in [0.2, 0.25) is 0 Å².